The first-order valence-corrected chi connectivity index (χ1v) is 10.1. The molecule has 3 aromatic rings. The molecule has 5 nitrogen and oxygen atoms in total. The van der Waals surface area contributed by atoms with Crippen molar-refractivity contribution in [2.45, 2.75) is 47.1 Å². The second-order valence-corrected chi connectivity index (χ2v) is 8.61. The van der Waals surface area contributed by atoms with Crippen molar-refractivity contribution in [2.24, 2.45) is 5.41 Å². The van der Waals surface area contributed by atoms with Crippen LogP contribution in [0.4, 0.5) is 0 Å². The molecule has 1 N–H and O–H groups in total. The molecule has 1 unspecified atom stereocenters. The molecule has 30 heavy (non-hydrogen) atoms. The molecule has 0 bridgehead atoms. The zero-order valence-electron chi connectivity index (χ0n) is 18.2. The van der Waals surface area contributed by atoms with Gasteiger partial charge in [-0.25, -0.2) is 4.98 Å². The maximum Gasteiger partial charge on any atom is 0.226 e. The van der Waals surface area contributed by atoms with Crippen LogP contribution in [0.25, 0.3) is 11.5 Å². The van der Waals surface area contributed by atoms with Gasteiger partial charge in [-0.1, -0.05) is 63.2 Å². The summed E-state index contributed by atoms with van der Waals surface area (Å²) in [5.74, 6) is 1.06. The summed E-state index contributed by atoms with van der Waals surface area (Å²) < 4.78 is 5.77. The molecule has 1 amide bonds. The largest absolute Gasteiger partial charge is 0.441 e. The highest BCUT2D eigenvalue weighted by atomic mass is 16.4. The zero-order valence-corrected chi connectivity index (χ0v) is 18.2. The topological polar surface area (TPSA) is 72.2 Å². The Kier molecular flexibility index (Phi) is 6.20. The number of nitrogens with zero attached hydrogens (tertiary/aromatic N) is 1. The zero-order chi connectivity index (χ0) is 21.9. The lowest BCUT2D eigenvalue weighted by Crippen LogP contribution is -2.37. The van der Waals surface area contributed by atoms with Crippen molar-refractivity contribution in [2.75, 3.05) is 0 Å². The van der Waals surface area contributed by atoms with E-state index in [1.807, 2.05) is 49.4 Å². The number of oxazole rings is 1. The second-order valence-electron chi connectivity index (χ2n) is 8.61. The van der Waals surface area contributed by atoms with E-state index < -0.39 is 0 Å². The van der Waals surface area contributed by atoms with Crippen molar-refractivity contribution < 1.29 is 14.0 Å². The van der Waals surface area contributed by atoms with Crippen LogP contribution >= 0.6 is 0 Å². The van der Waals surface area contributed by atoms with Gasteiger partial charge in [0.2, 0.25) is 11.8 Å². The number of ketones is 1. The van der Waals surface area contributed by atoms with E-state index >= 15 is 0 Å². The van der Waals surface area contributed by atoms with Crippen LogP contribution in [0.5, 0.6) is 0 Å². The van der Waals surface area contributed by atoms with Gasteiger partial charge in [0.05, 0.1) is 18.2 Å². The lowest BCUT2D eigenvalue weighted by Gasteiger charge is -2.32. The normalized spacial score (nSPS) is 12.4. The van der Waals surface area contributed by atoms with Gasteiger partial charge in [0.25, 0.3) is 0 Å². The molecule has 0 saturated carbocycles. The Labute approximate surface area is 177 Å². The highest BCUT2D eigenvalue weighted by molar-refractivity contribution is 5.94. The monoisotopic (exact) mass is 404 g/mol. The molecule has 0 radical (unpaired) electrons. The van der Waals surface area contributed by atoms with Crippen LogP contribution in [0, 0.1) is 12.3 Å². The second kappa shape index (κ2) is 8.66. The summed E-state index contributed by atoms with van der Waals surface area (Å²) in [6.07, 6.45) is 0.139. The molecule has 0 saturated heterocycles. The van der Waals surface area contributed by atoms with Crippen molar-refractivity contribution in [1.29, 1.82) is 0 Å². The van der Waals surface area contributed by atoms with Crippen LogP contribution in [-0.2, 0) is 11.2 Å². The van der Waals surface area contributed by atoms with Gasteiger partial charge >= 0.3 is 0 Å². The van der Waals surface area contributed by atoms with Gasteiger partial charge < -0.3 is 9.73 Å². The summed E-state index contributed by atoms with van der Waals surface area (Å²) in [6.45, 7) is 9.59. The molecule has 0 aliphatic carbocycles. The van der Waals surface area contributed by atoms with Crippen LogP contribution in [0.2, 0.25) is 0 Å². The molecule has 5 heteroatoms. The number of hydrogen-bond acceptors (Lipinski definition) is 4. The maximum absolute atomic E-state index is 12.9. The van der Waals surface area contributed by atoms with E-state index in [0.29, 0.717) is 22.9 Å². The Hall–Kier alpha value is -3.21. The van der Waals surface area contributed by atoms with Crippen molar-refractivity contribution in [3.8, 4) is 11.5 Å². The van der Waals surface area contributed by atoms with Gasteiger partial charge in [0.15, 0.2) is 5.78 Å². The van der Waals surface area contributed by atoms with E-state index in [2.05, 4.69) is 31.1 Å². The first-order valence-electron chi connectivity index (χ1n) is 10.1. The highest BCUT2D eigenvalue weighted by Crippen LogP contribution is 2.33. The van der Waals surface area contributed by atoms with Gasteiger partial charge in [-0.05, 0) is 37.0 Å². The number of Topliss-reactive ketones (excluding diaryl/α,β-unsaturated/α-hetero) is 1. The quantitative estimate of drug-likeness (QED) is 0.566. The molecule has 1 heterocycles. The van der Waals surface area contributed by atoms with Crippen LogP contribution in [0.1, 0.15) is 61.1 Å². The molecule has 0 aliphatic rings. The molecule has 0 spiro atoms. The predicted molar refractivity (Wildman–Crippen MR) is 117 cm³/mol. The summed E-state index contributed by atoms with van der Waals surface area (Å²) in [7, 11) is 0. The number of carbonyl (C=O) groups is 2. The maximum atomic E-state index is 12.9. The molecule has 3 rings (SSSR count). The third-order valence-electron chi connectivity index (χ3n) is 5.06. The Morgan fingerprint density at radius 1 is 1.03 bits per heavy atom. The van der Waals surface area contributed by atoms with Crippen LogP contribution < -0.4 is 5.32 Å². The molecule has 0 aliphatic heterocycles. The van der Waals surface area contributed by atoms with E-state index in [-0.39, 0.29) is 29.6 Å². The molecule has 0 fully saturated rings. The Morgan fingerprint density at radius 3 is 2.23 bits per heavy atom. The molecule has 156 valence electrons. The minimum Gasteiger partial charge on any atom is -0.441 e. The van der Waals surface area contributed by atoms with E-state index in [4.69, 9.17) is 4.42 Å². The first kappa shape index (κ1) is 21.5. The average Bonchev–Trinajstić information content (AvgIpc) is 3.06. The first-order chi connectivity index (χ1) is 14.1. The third-order valence-corrected chi connectivity index (χ3v) is 5.06. The summed E-state index contributed by atoms with van der Waals surface area (Å²) in [6, 6.07) is 16.8. The average molecular weight is 405 g/mol. The number of benzene rings is 2. The van der Waals surface area contributed by atoms with E-state index in [0.717, 1.165) is 11.1 Å². The standard InChI is InChI=1S/C25H28N2O3/c1-16(28)18-11-13-19(14-12-18)23(25(3,4)5)27-22(29)15-21-17(2)30-24(26-21)20-9-7-6-8-10-20/h6-14,23H,15H2,1-5H3,(H,27,29). The van der Waals surface area contributed by atoms with E-state index in [9.17, 15) is 9.59 Å². The van der Waals surface area contributed by atoms with E-state index in [1.165, 1.54) is 0 Å². The fourth-order valence-electron chi connectivity index (χ4n) is 3.37. The van der Waals surface area contributed by atoms with Crippen molar-refractivity contribution in [3.05, 3.63) is 77.2 Å². The highest BCUT2D eigenvalue weighted by Gasteiger charge is 2.28. The number of rotatable bonds is 6. The smallest absolute Gasteiger partial charge is 0.226 e. The van der Waals surface area contributed by atoms with Crippen molar-refractivity contribution >= 4 is 11.7 Å². The van der Waals surface area contributed by atoms with Gasteiger partial charge in [0.1, 0.15) is 5.76 Å². The van der Waals surface area contributed by atoms with Gasteiger partial charge in [-0.15, -0.1) is 0 Å². The molecule has 1 atom stereocenters. The summed E-state index contributed by atoms with van der Waals surface area (Å²) in [4.78, 5) is 29.0. The fraction of sp³-hybridized carbons (Fsp3) is 0.320. The predicted octanol–water partition coefficient (Wildman–Crippen LogP) is 5.30. The minimum atomic E-state index is -0.207. The van der Waals surface area contributed by atoms with Crippen LogP contribution in [0.3, 0.4) is 0 Å². The van der Waals surface area contributed by atoms with Crippen LogP contribution in [0.15, 0.2) is 59.0 Å². The lowest BCUT2D eigenvalue weighted by molar-refractivity contribution is -0.122. The molecular weight excluding hydrogens is 376 g/mol. The van der Waals surface area contributed by atoms with Gasteiger partial charge in [-0.2, -0.15) is 0 Å². The number of aromatic nitrogens is 1. The Morgan fingerprint density at radius 2 is 1.67 bits per heavy atom. The number of carbonyl (C=O) groups excluding carboxylic acids is 2. The minimum absolute atomic E-state index is 0.0219. The van der Waals surface area contributed by atoms with Crippen molar-refractivity contribution in [3.63, 3.8) is 0 Å². The Balaban J connectivity index is 1.77. The molecule has 1 aromatic heterocycles. The molecular formula is C25H28N2O3. The third kappa shape index (κ3) is 5.03. The number of aryl methyl sites for hydroxylation is 1. The fourth-order valence-corrected chi connectivity index (χ4v) is 3.37. The Bertz CT molecular complexity index is 1030. The van der Waals surface area contributed by atoms with Gasteiger partial charge in [0, 0.05) is 11.1 Å². The number of amides is 1. The SMILES string of the molecule is CC(=O)c1ccc(C(NC(=O)Cc2nc(-c3ccccc3)oc2C)C(C)(C)C)cc1. The van der Waals surface area contributed by atoms with Crippen LogP contribution in [-0.4, -0.2) is 16.7 Å². The summed E-state index contributed by atoms with van der Waals surface area (Å²) in [5.41, 5.74) is 2.92. The van der Waals surface area contributed by atoms with E-state index in [1.54, 1.807) is 19.1 Å². The summed E-state index contributed by atoms with van der Waals surface area (Å²) >= 11 is 0. The summed E-state index contributed by atoms with van der Waals surface area (Å²) in [5, 5.41) is 3.14. The van der Waals surface area contributed by atoms with Crippen molar-refractivity contribution in [1.82, 2.24) is 10.3 Å². The lowest BCUT2D eigenvalue weighted by atomic mass is 9.82. The number of nitrogens with one attached hydrogen (secondary N) is 1. The van der Waals surface area contributed by atoms with Gasteiger partial charge in [-0.3, -0.25) is 9.59 Å². The number of hydrogen-bond donors (Lipinski definition) is 1. The molecule has 2 aromatic carbocycles.